The lowest BCUT2D eigenvalue weighted by atomic mass is 9.75. The molecule has 2 unspecified atom stereocenters. The van der Waals surface area contributed by atoms with Crippen molar-refractivity contribution in [3.05, 3.63) is 0 Å². The molecule has 0 radical (unpaired) electrons. The summed E-state index contributed by atoms with van der Waals surface area (Å²) in [5.41, 5.74) is 0. The van der Waals surface area contributed by atoms with Crippen molar-refractivity contribution in [2.75, 3.05) is 27.2 Å². The van der Waals surface area contributed by atoms with E-state index in [-0.39, 0.29) is 5.92 Å². The van der Waals surface area contributed by atoms with E-state index < -0.39 is 5.97 Å². The van der Waals surface area contributed by atoms with Crippen molar-refractivity contribution in [1.82, 2.24) is 10.2 Å². The van der Waals surface area contributed by atoms with Crippen molar-refractivity contribution in [3.63, 3.8) is 0 Å². The zero-order chi connectivity index (χ0) is 13.1. The molecule has 0 aromatic carbocycles. The Balaban J connectivity index is 1.88. The first kappa shape index (κ1) is 13.8. The molecule has 0 amide bonds. The number of carbonyl (C=O) groups is 1. The van der Waals surface area contributed by atoms with Gasteiger partial charge in [0.05, 0.1) is 5.92 Å². The van der Waals surface area contributed by atoms with Gasteiger partial charge in [0.25, 0.3) is 0 Å². The molecular formula is C14H26N2O2. The summed E-state index contributed by atoms with van der Waals surface area (Å²) >= 11 is 0. The minimum atomic E-state index is -0.602. The van der Waals surface area contributed by atoms with Crippen LogP contribution in [-0.4, -0.2) is 49.2 Å². The van der Waals surface area contributed by atoms with Gasteiger partial charge in [-0.3, -0.25) is 4.79 Å². The normalized spacial score (nSPS) is 35.6. The molecule has 4 heteroatoms. The first-order chi connectivity index (χ1) is 8.61. The fourth-order valence-corrected chi connectivity index (χ4v) is 3.84. The first-order valence-corrected chi connectivity index (χ1v) is 7.20. The van der Waals surface area contributed by atoms with Crippen molar-refractivity contribution in [2.45, 2.75) is 38.1 Å². The molecule has 2 N–H and O–H groups in total. The standard InChI is InChI=1S/C14H26N2O2/c1-15-13(12-7-8-16(2)9-12)10-3-5-11(6-4-10)14(17)18/h10-13,15H,3-9H2,1-2H3,(H,17,18). The molecule has 18 heavy (non-hydrogen) atoms. The molecule has 0 bridgehead atoms. The summed E-state index contributed by atoms with van der Waals surface area (Å²) in [4.78, 5) is 13.4. The Morgan fingerprint density at radius 2 is 1.89 bits per heavy atom. The molecule has 0 spiro atoms. The van der Waals surface area contributed by atoms with E-state index in [1.54, 1.807) is 0 Å². The summed E-state index contributed by atoms with van der Waals surface area (Å²) in [6, 6.07) is 0.574. The van der Waals surface area contributed by atoms with E-state index in [0.29, 0.717) is 12.0 Å². The van der Waals surface area contributed by atoms with Crippen LogP contribution < -0.4 is 5.32 Å². The smallest absolute Gasteiger partial charge is 0.306 e. The van der Waals surface area contributed by atoms with Crippen LogP contribution in [0.1, 0.15) is 32.1 Å². The molecular weight excluding hydrogens is 228 g/mol. The van der Waals surface area contributed by atoms with Gasteiger partial charge in [-0.25, -0.2) is 0 Å². The van der Waals surface area contributed by atoms with Crippen LogP contribution in [0.4, 0.5) is 0 Å². The molecule has 2 aliphatic rings. The Bertz CT molecular complexity index is 288. The molecule has 1 aliphatic heterocycles. The molecule has 2 atom stereocenters. The van der Waals surface area contributed by atoms with Crippen LogP contribution in [0.5, 0.6) is 0 Å². The summed E-state index contributed by atoms with van der Waals surface area (Å²) in [6.45, 7) is 2.39. The van der Waals surface area contributed by atoms with Gasteiger partial charge in [0.15, 0.2) is 0 Å². The van der Waals surface area contributed by atoms with Crippen LogP contribution in [0, 0.1) is 17.8 Å². The highest BCUT2D eigenvalue weighted by molar-refractivity contribution is 5.69. The highest BCUT2D eigenvalue weighted by Gasteiger charge is 2.35. The zero-order valence-electron chi connectivity index (χ0n) is 11.6. The number of carboxylic acids is 1. The number of carboxylic acid groups (broad SMARTS) is 1. The zero-order valence-corrected chi connectivity index (χ0v) is 11.6. The molecule has 104 valence electrons. The van der Waals surface area contributed by atoms with Crippen LogP contribution >= 0.6 is 0 Å². The van der Waals surface area contributed by atoms with Gasteiger partial charge < -0.3 is 15.3 Å². The van der Waals surface area contributed by atoms with Gasteiger partial charge in [-0.1, -0.05) is 0 Å². The van der Waals surface area contributed by atoms with Crippen LogP contribution in [0.2, 0.25) is 0 Å². The predicted molar refractivity (Wildman–Crippen MR) is 71.5 cm³/mol. The van der Waals surface area contributed by atoms with Crippen molar-refractivity contribution < 1.29 is 9.90 Å². The molecule has 0 aromatic rings. The number of likely N-dealkylation sites (tertiary alicyclic amines) is 1. The lowest BCUT2D eigenvalue weighted by Gasteiger charge is -2.35. The maximum Gasteiger partial charge on any atom is 0.306 e. The quantitative estimate of drug-likeness (QED) is 0.796. The van der Waals surface area contributed by atoms with E-state index >= 15 is 0 Å². The monoisotopic (exact) mass is 254 g/mol. The third kappa shape index (κ3) is 3.04. The van der Waals surface area contributed by atoms with Crippen LogP contribution in [-0.2, 0) is 4.79 Å². The first-order valence-electron chi connectivity index (χ1n) is 7.20. The number of nitrogens with one attached hydrogen (secondary N) is 1. The SMILES string of the molecule is CNC(C1CCC(C(=O)O)CC1)C1CCN(C)C1. The second-order valence-corrected chi connectivity index (χ2v) is 6.08. The number of rotatable bonds is 4. The lowest BCUT2D eigenvalue weighted by Crippen LogP contribution is -2.43. The predicted octanol–water partition coefficient (Wildman–Crippen LogP) is 1.42. The molecule has 4 nitrogen and oxygen atoms in total. The number of nitrogens with zero attached hydrogens (tertiary/aromatic N) is 1. The second kappa shape index (κ2) is 6.02. The van der Waals surface area contributed by atoms with E-state index in [1.807, 2.05) is 0 Å². The van der Waals surface area contributed by atoms with E-state index in [9.17, 15) is 4.79 Å². The van der Waals surface area contributed by atoms with Crippen molar-refractivity contribution in [3.8, 4) is 0 Å². The van der Waals surface area contributed by atoms with Gasteiger partial charge >= 0.3 is 5.97 Å². The largest absolute Gasteiger partial charge is 0.481 e. The summed E-state index contributed by atoms with van der Waals surface area (Å²) in [5.74, 6) is 0.716. The highest BCUT2D eigenvalue weighted by atomic mass is 16.4. The fourth-order valence-electron chi connectivity index (χ4n) is 3.84. The van der Waals surface area contributed by atoms with Crippen LogP contribution in [0.3, 0.4) is 0 Å². The summed E-state index contributed by atoms with van der Waals surface area (Å²) < 4.78 is 0. The van der Waals surface area contributed by atoms with E-state index in [0.717, 1.165) is 31.6 Å². The Morgan fingerprint density at radius 3 is 2.33 bits per heavy atom. The molecule has 1 saturated heterocycles. The number of hydrogen-bond donors (Lipinski definition) is 2. The summed E-state index contributed by atoms with van der Waals surface area (Å²) in [5, 5.41) is 12.5. The van der Waals surface area contributed by atoms with Crippen LogP contribution in [0.15, 0.2) is 0 Å². The van der Waals surface area contributed by atoms with Crippen molar-refractivity contribution >= 4 is 5.97 Å². The van der Waals surface area contributed by atoms with Gasteiger partial charge in [-0.2, -0.15) is 0 Å². The van der Waals surface area contributed by atoms with Crippen molar-refractivity contribution in [2.24, 2.45) is 17.8 Å². The fraction of sp³-hybridized carbons (Fsp3) is 0.929. The molecule has 2 rings (SSSR count). The minimum Gasteiger partial charge on any atom is -0.481 e. The summed E-state index contributed by atoms with van der Waals surface area (Å²) in [7, 11) is 4.25. The number of aliphatic carboxylic acids is 1. The average Bonchev–Trinajstić information content (AvgIpc) is 2.77. The lowest BCUT2D eigenvalue weighted by molar-refractivity contribution is -0.143. The maximum atomic E-state index is 11.0. The third-order valence-electron chi connectivity index (χ3n) is 4.90. The molecule has 1 saturated carbocycles. The highest BCUT2D eigenvalue weighted by Crippen LogP contribution is 2.35. The Kier molecular flexibility index (Phi) is 4.62. The van der Waals surface area contributed by atoms with Crippen LogP contribution in [0.25, 0.3) is 0 Å². The van der Waals surface area contributed by atoms with Gasteiger partial charge in [0.2, 0.25) is 0 Å². The van der Waals surface area contributed by atoms with Gasteiger partial charge in [0.1, 0.15) is 0 Å². The Hall–Kier alpha value is -0.610. The molecule has 1 heterocycles. The van der Waals surface area contributed by atoms with Crippen molar-refractivity contribution in [1.29, 1.82) is 0 Å². The third-order valence-corrected chi connectivity index (χ3v) is 4.90. The van der Waals surface area contributed by atoms with E-state index in [4.69, 9.17) is 5.11 Å². The van der Waals surface area contributed by atoms with Gasteiger partial charge in [0, 0.05) is 12.6 Å². The number of hydrogen-bond acceptors (Lipinski definition) is 3. The Labute approximate surface area is 110 Å². The Morgan fingerprint density at radius 1 is 1.22 bits per heavy atom. The maximum absolute atomic E-state index is 11.0. The topological polar surface area (TPSA) is 52.6 Å². The average molecular weight is 254 g/mol. The van der Waals surface area contributed by atoms with E-state index in [2.05, 4.69) is 24.3 Å². The molecule has 0 aromatic heterocycles. The minimum absolute atomic E-state index is 0.0926. The van der Waals surface area contributed by atoms with Gasteiger partial charge in [-0.05, 0) is 64.6 Å². The molecule has 1 aliphatic carbocycles. The van der Waals surface area contributed by atoms with Gasteiger partial charge in [-0.15, -0.1) is 0 Å². The second-order valence-electron chi connectivity index (χ2n) is 6.08. The molecule has 2 fully saturated rings. The summed E-state index contributed by atoms with van der Waals surface area (Å²) in [6.07, 6.45) is 5.15. The van der Waals surface area contributed by atoms with E-state index in [1.165, 1.54) is 19.5 Å².